The molecule has 3 N–H and O–H groups in total. The molecule has 0 aliphatic heterocycles. The Morgan fingerprint density at radius 2 is 2.11 bits per heavy atom. The van der Waals surface area contributed by atoms with Crippen LogP contribution in [0.5, 0.6) is 0 Å². The smallest absolute Gasteiger partial charge is 0.365 e. The SMILES string of the molecule is NC(=O)c1cc2c([nH]c1=O)CCC(C(F)(F)F)C2. The lowest BCUT2D eigenvalue weighted by Crippen LogP contribution is -2.32. The lowest BCUT2D eigenvalue weighted by Gasteiger charge is -2.26. The summed E-state index contributed by atoms with van der Waals surface area (Å²) >= 11 is 0. The molecule has 1 amide bonds. The number of fused-ring (bicyclic) bond motifs is 1. The van der Waals surface area contributed by atoms with Crippen LogP contribution >= 0.6 is 0 Å². The van der Waals surface area contributed by atoms with Gasteiger partial charge in [0.05, 0.1) is 5.92 Å². The quantitative estimate of drug-likeness (QED) is 0.794. The molecule has 0 saturated carbocycles. The Labute approximate surface area is 100.0 Å². The van der Waals surface area contributed by atoms with Crippen molar-refractivity contribution in [1.82, 2.24) is 4.98 Å². The lowest BCUT2D eigenvalue weighted by molar-refractivity contribution is -0.177. The molecular formula is C11H11F3N2O2. The zero-order valence-corrected chi connectivity index (χ0v) is 9.30. The average molecular weight is 260 g/mol. The number of rotatable bonds is 1. The maximum absolute atomic E-state index is 12.6. The number of nitrogens with one attached hydrogen (secondary N) is 1. The largest absolute Gasteiger partial charge is 0.392 e. The number of amides is 1. The Kier molecular flexibility index (Phi) is 2.92. The molecule has 1 aromatic rings. The summed E-state index contributed by atoms with van der Waals surface area (Å²) in [7, 11) is 0. The van der Waals surface area contributed by atoms with Crippen molar-refractivity contribution >= 4 is 5.91 Å². The van der Waals surface area contributed by atoms with Crippen LogP contribution < -0.4 is 11.3 Å². The second-order valence-corrected chi connectivity index (χ2v) is 4.36. The average Bonchev–Trinajstić information content (AvgIpc) is 2.25. The molecule has 1 heterocycles. The zero-order chi connectivity index (χ0) is 13.5. The normalized spacial score (nSPS) is 19.4. The maximum atomic E-state index is 12.6. The predicted molar refractivity (Wildman–Crippen MR) is 57.2 cm³/mol. The van der Waals surface area contributed by atoms with E-state index in [1.54, 1.807) is 0 Å². The summed E-state index contributed by atoms with van der Waals surface area (Å²) in [6, 6.07) is 1.18. The van der Waals surface area contributed by atoms with Gasteiger partial charge in [-0.1, -0.05) is 0 Å². The van der Waals surface area contributed by atoms with Gasteiger partial charge >= 0.3 is 6.18 Å². The van der Waals surface area contributed by atoms with E-state index in [2.05, 4.69) is 4.98 Å². The van der Waals surface area contributed by atoms with Gasteiger partial charge in [-0.2, -0.15) is 13.2 Å². The number of hydrogen-bond acceptors (Lipinski definition) is 2. The molecule has 0 bridgehead atoms. The van der Waals surface area contributed by atoms with Crippen molar-refractivity contribution in [2.24, 2.45) is 11.7 Å². The first-order chi connectivity index (χ1) is 8.29. The van der Waals surface area contributed by atoms with Crippen molar-refractivity contribution < 1.29 is 18.0 Å². The molecule has 0 saturated heterocycles. The second-order valence-electron chi connectivity index (χ2n) is 4.36. The Morgan fingerprint density at radius 1 is 1.44 bits per heavy atom. The highest BCUT2D eigenvalue weighted by atomic mass is 19.4. The molecule has 18 heavy (non-hydrogen) atoms. The number of nitrogens with two attached hydrogens (primary N) is 1. The van der Waals surface area contributed by atoms with Crippen molar-refractivity contribution in [3.05, 3.63) is 33.2 Å². The van der Waals surface area contributed by atoms with Gasteiger partial charge in [0.1, 0.15) is 5.56 Å². The van der Waals surface area contributed by atoms with Gasteiger partial charge in [-0.15, -0.1) is 0 Å². The molecule has 1 aliphatic rings. The van der Waals surface area contributed by atoms with E-state index in [4.69, 9.17) is 5.73 Å². The summed E-state index contributed by atoms with van der Waals surface area (Å²) in [5, 5.41) is 0. The van der Waals surface area contributed by atoms with Crippen molar-refractivity contribution in [2.75, 3.05) is 0 Å². The molecule has 1 unspecified atom stereocenters. The number of aryl methyl sites for hydroxylation is 1. The van der Waals surface area contributed by atoms with Crippen molar-refractivity contribution in [2.45, 2.75) is 25.4 Å². The molecule has 7 heteroatoms. The number of aromatic amines is 1. The van der Waals surface area contributed by atoms with E-state index < -0.39 is 23.6 Å². The van der Waals surface area contributed by atoms with E-state index in [1.165, 1.54) is 6.07 Å². The third-order valence-electron chi connectivity index (χ3n) is 3.15. The molecule has 0 spiro atoms. The van der Waals surface area contributed by atoms with Gasteiger partial charge in [0.2, 0.25) is 0 Å². The van der Waals surface area contributed by atoms with Crippen LogP contribution in [0.15, 0.2) is 10.9 Å². The number of hydrogen-bond donors (Lipinski definition) is 2. The zero-order valence-electron chi connectivity index (χ0n) is 9.30. The van der Waals surface area contributed by atoms with E-state index in [0.29, 0.717) is 11.3 Å². The van der Waals surface area contributed by atoms with Crippen LogP contribution in [0.25, 0.3) is 0 Å². The first-order valence-corrected chi connectivity index (χ1v) is 5.40. The molecule has 2 rings (SSSR count). The fraction of sp³-hybridized carbons (Fsp3) is 0.455. The summed E-state index contributed by atoms with van der Waals surface area (Å²) in [6.45, 7) is 0. The van der Waals surface area contributed by atoms with Crippen LogP contribution in [-0.4, -0.2) is 17.1 Å². The predicted octanol–water partition coefficient (Wildman–Crippen LogP) is 1.14. The number of carbonyl (C=O) groups is 1. The number of primary amides is 1. The monoisotopic (exact) mass is 260 g/mol. The lowest BCUT2D eigenvalue weighted by atomic mass is 9.85. The highest BCUT2D eigenvalue weighted by Crippen LogP contribution is 2.36. The minimum absolute atomic E-state index is 0.0532. The van der Waals surface area contributed by atoms with Gasteiger partial charge in [-0.05, 0) is 30.9 Å². The first kappa shape index (κ1) is 12.7. The third-order valence-corrected chi connectivity index (χ3v) is 3.15. The van der Waals surface area contributed by atoms with Gasteiger partial charge in [0.15, 0.2) is 0 Å². The van der Waals surface area contributed by atoms with Crippen molar-refractivity contribution in [1.29, 1.82) is 0 Å². The standard InChI is InChI=1S/C11H11F3N2O2/c12-11(13,14)6-1-2-8-5(3-6)4-7(9(15)17)10(18)16-8/h4,6H,1-3H2,(H2,15,17)(H,16,18). The fourth-order valence-electron chi connectivity index (χ4n) is 2.17. The van der Waals surface area contributed by atoms with E-state index in [-0.39, 0.29) is 24.8 Å². The first-order valence-electron chi connectivity index (χ1n) is 5.40. The number of halogens is 3. The minimum Gasteiger partial charge on any atom is -0.365 e. The van der Waals surface area contributed by atoms with Crippen LogP contribution in [0.3, 0.4) is 0 Å². The van der Waals surface area contributed by atoms with Gasteiger partial charge in [-0.25, -0.2) is 0 Å². The minimum atomic E-state index is -4.26. The van der Waals surface area contributed by atoms with Gasteiger partial charge < -0.3 is 10.7 Å². The molecule has 0 aromatic carbocycles. The van der Waals surface area contributed by atoms with E-state index in [9.17, 15) is 22.8 Å². The molecule has 0 fully saturated rings. The van der Waals surface area contributed by atoms with Crippen LogP contribution in [-0.2, 0) is 12.8 Å². The number of H-pyrrole nitrogens is 1. The number of carbonyl (C=O) groups excluding carboxylic acids is 1. The maximum Gasteiger partial charge on any atom is 0.392 e. The number of aromatic nitrogens is 1. The van der Waals surface area contributed by atoms with E-state index >= 15 is 0 Å². The van der Waals surface area contributed by atoms with Gasteiger partial charge in [0, 0.05) is 5.69 Å². The summed E-state index contributed by atoms with van der Waals surface area (Å²) in [5.41, 5.74) is 4.85. The Bertz CT molecular complexity index is 548. The Balaban J connectivity index is 2.40. The van der Waals surface area contributed by atoms with Crippen LogP contribution in [0, 0.1) is 5.92 Å². The fourth-order valence-corrected chi connectivity index (χ4v) is 2.17. The van der Waals surface area contributed by atoms with Crippen LogP contribution in [0.2, 0.25) is 0 Å². The van der Waals surface area contributed by atoms with Gasteiger partial charge in [0.25, 0.3) is 11.5 Å². The molecule has 1 atom stereocenters. The third kappa shape index (κ3) is 2.25. The second kappa shape index (κ2) is 4.15. The highest BCUT2D eigenvalue weighted by Gasteiger charge is 2.41. The van der Waals surface area contributed by atoms with E-state index in [0.717, 1.165) is 0 Å². The van der Waals surface area contributed by atoms with E-state index in [1.807, 2.05) is 0 Å². The van der Waals surface area contributed by atoms with Gasteiger partial charge in [-0.3, -0.25) is 9.59 Å². The van der Waals surface area contributed by atoms with Crippen molar-refractivity contribution in [3.63, 3.8) is 0 Å². The molecule has 1 aliphatic carbocycles. The molecule has 1 aromatic heterocycles. The molecule has 98 valence electrons. The van der Waals surface area contributed by atoms with Crippen LogP contribution in [0.1, 0.15) is 28.0 Å². The summed E-state index contributed by atoms with van der Waals surface area (Å²) in [5.74, 6) is -2.37. The summed E-state index contributed by atoms with van der Waals surface area (Å²) in [6.07, 6.45) is -4.40. The number of pyridine rings is 1. The molecule has 0 radical (unpaired) electrons. The Morgan fingerprint density at radius 3 is 2.67 bits per heavy atom. The van der Waals surface area contributed by atoms with Crippen LogP contribution in [0.4, 0.5) is 13.2 Å². The highest BCUT2D eigenvalue weighted by molar-refractivity contribution is 5.92. The number of alkyl halides is 3. The summed E-state index contributed by atoms with van der Waals surface area (Å²) in [4.78, 5) is 24.8. The Hall–Kier alpha value is -1.79. The van der Waals surface area contributed by atoms with Crippen molar-refractivity contribution in [3.8, 4) is 0 Å². The molecular weight excluding hydrogens is 249 g/mol. The topological polar surface area (TPSA) is 76.0 Å². The summed E-state index contributed by atoms with van der Waals surface area (Å²) < 4.78 is 37.8. The molecule has 4 nitrogen and oxygen atoms in total.